The highest BCUT2D eigenvalue weighted by molar-refractivity contribution is 6.42. The van der Waals surface area contributed by atoms with E-state index in [9.17, 15) is 0 Å². The summed E-state index contributed by atoms with van der Waals surface area (Å²) in [4.78, 5) is 4.14. The summed E-state index contributed by atoms with van der Waals surface area (Å²) in [7, 11) is 0. The Morgan fingerprint density at radius 2 is 1.77 bits per heavy atom. The van der Waals surface area contributed by atoms with Crippen molar-refractivity contribution in [2.24, 2.45) is 0 Å². The molecule has 0 atom stereocenters. The van der Waals surface area contributed by atoms with Crippen LogP contribution in [0.2, 0.25) is 10.0 Å². The van der Waals surface area contributed by atoms with Crippen LogP contribution in [0.25, 0.3) is 11.3 Å². The second kappa shape index (κ2) is 10.4. The molecule has 2 heterocycles. The van der Waals surface area contributed by atoms with Gasteiger partial charge in [-0.15, -0.1) is 0 Å². The fraction of sp³-hybridized carbons (Fsp3) is 0.364. The molecule has 0 spiro atoms. The van der Waals surface area contributed by atoms with Crippen LogP contribution in [0.1, 0.15) is 11.3 Å². The van der Waals surface area contributed by atoms with Gasteiger partial charge in [0.2, 0.25) is 0 Å². The summed E-state index contributed by atoms with van der Waals surface area (Å²) in [6, 6.07) is 15.8. The summed E-state index contributed by atoms with van der Waals surface area (Å²) < 4.78 is 5.41. The predicted molar refractivity (Wildman–Crippen MR) is 120 cm³/mol. The fourth-order valence-corrected chi connectivity index (χ4v) is 3.78. The van der Waals surface area contributed by atoms with E-state index in [1.807, 2.05) is 30.3 Å². The van der Waals surface area contributed by atoms with Gasteiger partial charge in [-0.05, 0) is 17.7 Å². The van der Waals surface area contributed by atoms with Crippen molar-refractivity contribution in [1.29, 1.82) is 0 Å². The first-order valence-electron chi connectivity index (χ1n) is 10.1. The summed E-state index contributed by atoms with van der Waals surface area (Å²) in [6.07, 6.45) is 0. The Bertz CT molecular complexity index is 957. The van der Waals surface area contributed by atoms with Crippen LogP contribution in [-0.2, 0) is 17.8 Å². The highest BCUT2D eigenvalue weighted by Crippen LogP contribution is 2.24. The zero-order chi connectivity index (χ0) is 20.8. The summed E-state index contributed by atoms with van der Waals surface area (Å²) in [5, 5.41) is 14.1. The third kappa shape index (κ3) is 5.59. The molecule has 1 aliphatic rings. The Hall–Kier alpha value is -1.96. The van der Waals surface area contributed by atoms with Gasteiger partial charge in [0.05, 0.1) is 29.8 Å². The smallest absolute Gasteiger partial charge is 0.117 e. The lowest BCUT2D eigenvalue weighted by atomic mass is 10.1. The number of morpholine rings is 1. The van der Waals surface area contributed by atoms with E-state index in [4.69, 9.17) is 38.1 Å². The van der Waals surface area contributed by atoms with Gasteiger partial charge in [-0.25, -0.2) is 0 Å². The maximum atomic E-state index is 6.16. The second-order valence-corrected chi connectivity index (χ2v) is 8.09. The van der Waals surface area contributed by atoms with Gasteiger partial charge in [0.15, 0.2) is 0 Å². The lowest BCUT2D eigenvalue weighted by molar-refractivity contribution is 0.0384. The van der Waals surface area contributed by atoms with Gasteiger partial charge >= 0.3 is 0 Å². The van der Waals surface area contributed by atoms with E-state index < -0.39 is 0 Å². The molecule has 6 nitrogen and oxygen atoms in total. The predicted octanol–water partition coefficient (Wildman–Crippen LogP) is 3.72. The van der Waals surface area contributed by atoms with Gasteiger partial charge in [0.25, 0.3) is 0 Å². The van der Waals surface area contributed by atoms with Crippen LogP contribution in [0.4, 0.5) is 0 Å². The molecule has 1 saturated heterocycles. The molecule has 3 aromatic rings. The molecule has 1 fully saturated rings. The van der Waals surface area contributed by atoms with E-state index in [2.05, 4.69) is 22.3 Å². The van der Waals surface area contributed by atoms with Crippen LogP contribution in [0.15, 0.2) is 48.5 Å². The monoisotopic (exact) mass is 445 g/mol. The largest absolute Gasteiger partial charge is 0.379 e. The van der Waals surface area contributed by atoms with Crippen LogP contribution < -0.4 is 5.32 Å². The molecule has 1 aliphatic heterocycles. The van der Waals surface area contributed by atoms with Crippen molar-refractivity contribution in [3.05, 3.63) is 69.8 Å². The van der Waals surface area contributed by atoms with E-state index in [-0.39, 0.29) is 0 Å². The quantitative estimate of drug-likeness (QED) is 0.535. The minimum absolute atomic E-state index is 0.532. The zero-order valence-corrected chi connectivity index (χ0v) is 18.2. The number of benzene rings is 2. The number of nitrogens with zero attached hydrogens (tertiary/aromatic N) is 4. The molecule has 0 unspecified atom stereocenters. The zero-order valence-electron chi connectivity index (χ0n) is 16.7. The Balaban J connectivity index is 1.45. The van der Waals surface area contributed by atoms with E-state index >= 15 is 0 Å². The van der Waals surface area contributed by atoms with E-state index in [1.54, 1.807) is 10.9 Å². The molecule has 0 saturated carbocycles. The molecule has 1 N–H and O–H groups in total. The van der Waals surface area contributed by atoms with E-state index in [0.717, 1.165) is 61.9 Å². The molecule has 8 heteroatoms. The Labute approximate surface area is 186 Å². The fourth-order valence-electron chi connectivity index (χ4n) is 3.46. The van der Waals surface area contributed by atoms with E-state index in [0.29, 0.717) is 23.1 Å². The number of hydrogen-bond acceptors (Lipinski definition) is 5. The van der Waals surface area contributed by atoms with Crippen molar-refractivity contribution in [2.75, 3.05) is 39.4 Å². The van der Waals surface area contributed by atoms with Crippen LogP contribution in [0.5, 0.6) is 0 Å². The van der Waals surface area contributed by atoms with Gasteiger partial charge in [0.1, 0.15) is 11.4 Å². The number of nitrogens with one attached hydrogen (secondary N) is 1. The highest BCUT2D eigenvalue weighted by Gasteiger charge is 2.14. The molecule has 30 heavy (non-hydrogen) atoms. The number of ether oxygens (including phenoxy) is 1. The lowest BCUT2D eigenvalue weighted by Crippen LogP contribution is -2.40. The molecule has 158 valence electrons. The standard InChI is InChI=1S/C22H25Cl2N5O/c23-19-7-6-17(14-20(19)24)16-29-26-21(22(27-29)18-4-2-1-3-5-18)15-25-8-9-28-10-12-30-13-11-28/h1-7,14,25H,8-13,15-16H2. The number of aromatic nitrogens is 3. The van der Waals surface area contributed by atoms with Crippen molar-refractivity contribution in [3.8, 4) is 11.3 Å². The van der Waals surface area contributed by atoms with Crippen molar-refractivity contribution in [2.45, 2.75) is 13.1 Å². The summed E-state index contributed by atoms with van der Waals surface area (Å²) >= 11 is 12.2. The van der Waals surface area contributed by atoms with Gasteiger partial charge in [-0.3, -0.25) is 4.90 Å². The average molecular weight is 446 g/mol. The van der Waals surface area contributed by atoms with Crippen LogP contribution in [0, 0.1) is 0 Å². The topological polar surface area (TPSA) is 55.2 Å². The maximum Gasteiger partial charge on any atom is 0.117 e. The highest BCUT2D eigenvalue weighted by atomic mass is 35.5. The molecule has 0 bridgehead atoms. The van der Waals surface area contributed by atoms with Crippen LogP contribution in [0.3, 0.4) is 0 Å². The second-order valence-electron chi connectivity index (χ2n) is 7.27. The molecular formula is C22H25Cl2N5O. The number of hydrogen-bond donors (Lipinski definition) is 1. The van der Waals surface area contributed by atoms with Crippen molar-refractivity contribution in [1.82, 2.24) is 25.2 Å². The molecule has 4 rings (SSSR count). The average Bonchev–Trinajstić information content (AvgIpc) is 3.18. The first-order valence-corrected chi connectivity index (χ1v) is 10.9. The Morgan fingerprint density at radius 1 is 0.967 bits per heavy atom. The third-order valence-corrected chi connectivity index (χ3v) is 5.82. The van der Waals surface area contributed by atoms with Gasteiger partial charge in [-0.1, -0.05) is 59.6 Å². The molecule has 2 aromatic carbocycles. The first kappa shape index (κ1) is 21.3. The van der Waals surface area contributed by atoms with Crippen molar-refractivity contribution >= 4 is 23.2 Å². The number of halogens is 2. The summed E-state index contributed by atoms with van der Waals surface area (Å²) in [5.41, 5.74) is 3.89. The Morgan fingerprint density at radius 3 is 2.53 bits per heavy atom. The SMILES string of the molecule is Clc1ccc(Cn2nc(CNCCN3CCOCC3)c(-c3ccccc3)n2)cc1Cl. The lowest BCUT2D eigenvalue weighted by Gasteiger charge is -2.26. The summed E-state index contributed by atoms with van der Waals surface area (Å²) in [6.45, 7) is 6.73. The molecule has 0 radical (unpaired) electrons. The molecule has 0 amide bonds. The summed E-state index contributed by atoms with van der Waals surface area (Å²) in [5.74, 6) is 0. The normalized spacial score (nSPS) is 14.9. The van der Waals surface area contributed by atoms with Gasteiger partial charge in [-0.2, -0.15) is 15.0 Å². The molecular weight excluding hydrogens is 421 g/mol. The van der Waals surface area contributed by atoms with Crippen molar-refractivity contribution in [3.63, 3.8) is 0 Å². The van der Waals surface area contributed by atoms with Gasteiger partial charge < -0.3 is 10.1 Å². The third-order valence-electron chi connectivity index (χ3n) is 5.08. The molecule has 0 aliphatic carbocycles. The van der Waals surface area contributed by atoms with Gasteiger partial charge in [0, 0.05) is 38.3 Å². The first-order chi connectivity index (χ1) is 14.7. The Kier molecular flexibility index (Phi) is 7.36. The maximum absolute atomic E-state index is 6.16. The minimum Gasteiger partial charge on any atom is -0.379 e. The minimum atomic E-state index is 0.532. The molecule has 1 aromatic heterocycles. The van der Waals surface area contributed by atoms with Crippen molar-refractivity contribution < 1.29 is 4.74 Å². The number of rotatable bonds is 8. The van der Waals surface area contributed by atoms with Crippen LogP contribution in [-0.4, -0.2) is 59.3 Å². The van der Waals surface area contributed by atoms with Crippen LogP contribution >= 0.6 is 23.2 Å². The van der Waals surface area contributed by atoms with E-state index in [1.165, 1.54) is 0 Å².